The van der Waals surface area contributed by atoms with E-state index < -0.39 is 0 Å². The highest BCUT2D eigenvalue weighted by Crippen LogP contribution is 1.95. The van der Waals surface area contributed by atoms with Crippen molar-refractivity contribution in [1.82, 2.24) is 4.90 Å². The van der Waals surface area contributed by atoms with Crippen LogP contribution in [0.25, 0.3) is 0 Å². The number of hydrogen-bond acceptors (Lipinski definition) is 2. The summed E-state index contributed by atoms with van der Waals surface area (Å²) in [6, 6.07) is 0.618. The van der Waals surface area contributed by atoms with Gasteiger partial charge < -0.3 is 10.6 Å². The van der Waals surface area contributed by atoms with E-state index in [1.165, 1.54) is 0 Å². The van der Waals surface area contributed by atoms with Gasteiger partial charge in [-0.3, -0.25) is 4.99 Å². The van der Waals surface area contributed by atoms with E-state index in [0.717, 1.165) is 31.8 Å². The molecule has 13 heavy (non-hydrogen) atoms. The van der Waals surface area contributed by atoms with Gasteiger partial charge in [0.1, 0.15) is 0 Å². The lowest BCUT2D eigenvalue weighted by Gasteiger charge is -2.20. The molecular weight excluding hydrogens is 162 g/mol. The van der Waals surface area contributed by atoms with Gasteiger partial charge in [-0.2, -0.15) is 0 Å². The van der Waals surface area contributed by atoms with E-state index in [-0.39, 0.29) is 0 Å². The minimum absolute atomic E-state index is 0.618. The van der Waals surface area contributed by atoms with Crippen molar-refractivity contribution in [3.05, 3.63) is 0 Å². The molecule has 0 saturated carbocycles. The number of rotatable bonds is 6. The Hall–Kier alpha value is -0.570. The minimum Gasteiger partial charge on any atom is -0.387 e. The van der Waals surface area contributed by atoms with Gasteiger partial charge in [-0.05, 0) is 33.9 Å². The van der Waals surface area contributed by atoms with Crippen LogP contribution in [0.3, 0.4) is 0 Å². The predicted molar refractivity (Wildman–Crippen MR) is 59.2 cm³/mol. The van der Waals surface area contributed by atoms with Crippen molar-refractivity contribution < 1.29 is 0 Å². The van der Waals surface area contributed by atoms with Crippen LogP contribution in [0.2, 0.25) is 0 Å². The van der Waals surface area contributed by atoms with Crippen molar-refractivity contribution in [2.24, 2.45) is 10.7 Å². The third-order valence-electron chi connectivity index (χ3n) is 2.23. The highest BCUT2D eigenvalue weighted by molar-refractivity contribution is 5.79. The molecule has 0 aliphatic heterocycles. The monoisotopic (exact) mass is 185 g/mol. The summed E-state index contributed by atoms with van der Waals surface area (Å²) in [7, 11) is 2.14. The SMILES string of the molecule is CCC(N)=NCCCN(C)C(C)C. The molecule has 0 rings (SSSR count). The maximum absolute atomic E-state index is 5.59. The molecule has 0 aromatic heterocycles. The van der Waals surface area contributed by atoms with Gasteiger partial charge in [-0.25, -0.2) is 0 Å². The Morgan fingerprint density at radius 1 is 1.46 bits per heavy atom. The van der Waals surface area contributed by atoms with Gasteiger partial charge in [0.05, 0.1) is 5.84 Å². The van der Waals surface area contributed by atoms with Gasteiger partial charge in [0.2, 0.25) is 0 Å². The third-order valence-corrected chi connectivity index (χ3v) is 2.23. The quantitative estimate of drug-likeness (QED) is 0.387. The first-order valence-corrected chi connectivity index (χ1v) is 5.07. The second-order valence-electron chi connectivity index (χ2n) is 3.65. The van der Waals surface area contributed by atoms with Gasteiger partial charge in [-0.1, -0.05) is 6.92 Å². The average Bonchev–Trinajstić information content (AvgIpc) is 2.11. The molecule has 0 radical (unpaired) electrons. The molecule has 0 fully saturated rings. The molecule has 3 heteroatoms. The predicted octanol–water partition coefficient (Wildman–Crippen LogP) is 1.48. The molecule has 0 aliphatic rings. The number of aliphatic imine (C=N–C) groups is 1. The van der Waals surface area contributed by atoms with E-state index in [1.807, 2.05) is 6.92 Å². The van der Waals surface area contributed by atoms with E-state index in [0.29, 0.717) is 6.04 Å². The zero-order valence-corrected chi connectivity index (χ0v) is 9.38. The normalized spacial score (nSPS) is 12.9. The smallest absolute Gasteiger partial charge is 0.0934 e. The van der Waals surface area contributed by atoms with Crippen LogP contribution in [0.15, 0.2) is 4.99 Å². The molecule has 0 aliphatic carbocycles. The second-order valence-corrected chi connectivity index (χ2v) is 3.65. The Bertz CT molecular complexity index is 152. The first kappa shape index (κ1) is 12.4. The van der Waals surface area contributed by atoms with E-state index in [4.69, 9.17) is 5.73 Å². The average molecular weight is 185 g/mol. The Kier molecular flexibility index (Phi) is 6.59. The number of nitrogens with zero attached hydrogens (tertiary/aromatic N) is 2. The number of hydrogen-bond donors (Lipinski definition) is 1. The summed E-state index contributed by atoms with van der Waals surface area (Å²) in [6.45, 7) is 8.38. The summed E-state index contributed by atoms with van der Waals surface area (Å²) in [5.74, 6) is 0.771. The highest BCUT2D eigenvalue weighted by Gasteiger charge is 2.00. The fraction of sp³-hybridized carbons (Fsp3) is 0.900. The maximum atomic E-state index is 5.59. The van der Waals surface area contributed by atoms with E-state index >= 15 is 0 Å². The first-order chi connectivity index (χ1) is 6.07. The van der Waals surface area contributed by atoms with Crippen LogP contribution in [0, 0.1) is 0 Å². The molecule has 0 bridgehead atoms. The lowest BCUT2D eigenvalue weighted by molar-refractivity contribution is 0.272. The molecule has 0 spiro atoms. The molecule has 0 atom stereocenters. The van der Waals surface area contributed by atoms with Crippen LogP contribution >= 0.6 is 0 Å². The van der Waals surface area contributed by atoms with E-state index in [2.05, 4.69) is 30.8 Å². The topological polar surface area (TPSA) is 41.6 Å². The van der Waals surface area contributed by atoms with Crippen LogP contribution in [0.5, 0.6) is 0 Å². The molecule has 0 heterocycles. The summed E-state index contributed by atoms with van der Waals surface area (Å²) in [5, 5.41) is 0. The van der Waals surface area contributed by atoms with Gasteiger partial charge in [-0.15, -0.1) is 0 Å². The number of nitrogens with two attached hydrogens (primary N) is 1. The zero-order chi connectivity index (χ0) is 10.3. The minimum atomic E-state index is 0.618. The second kappa shape index (κ2) is 6.89. The molecule has 3 nitrogen and oxygen atoms in total. The van der Waals surface area contributed by atoms with Crippen molar-refractivity contribution in [1.29, 1.82) is 0 Å². The molecule has 0 amide bonds. The Labute approximate surface area is 82.0 Å². The number of amidine groups is 1. The summed E-state index contributed by atoms with van der Waals surface area (Å²) in [5.41, 5.74) is 5.59. The molecule has 0 aromatic carbocycles. The largest absolute Gasteiger partial charge is 0.387 e. The fourth-order valence-electron chi connectivity index (χ4n) is 0.913. The summed E-state index contributed by atoms with van der Waals surface area (Å²) in [6.07, 6.45) is 1.95. The summed E-state index contributed by atoms with van der Waals surface area (Å²) >= 11 is 0. The molecule has 0 saturated heterocycles. The summed E-state index contributed by atoms with van der Waals surface area (Å²) in [4.78, 5) is 6.56. The van der Waals surface area contributed by atoms with Crippen LogP contribution in [-0.4, -0.2) is 36.9 Å². The zero-order valence-electron chi connectivity index (χ0n) is 9.38. The van der Waals surface area contributed by atoms with E-state index in [1.54, 1.807) is 0 Å². The Balaban J connectivity index is 3.46. The Morgan fingerprint density at radius 2 is 2.08 bits per heavy atom. The van der Waals surface area contributed by atoms with Crippen LogP contribution in [0.1, 0.15) is 33.6 Å². The standard InChI is InChI=1S/C10H23N3/c1-5-10(11)12-7-6-8-13(4)9(2)3/h9H,5-8H2,1-4H3,(H2,11,12). The van der Waals surface area contributed by atoms with Crippen molar-refractivity contribution in [3.8, 4) is 0 Å². The van der Waals surface area contributed by atoms with Gasteiger partial charge in [0.15, 0.2) is 0 Å². The van der Waals surface area contributed by atoms with Crippen LogP contribution < -0.4 is 5.73 Å². The van der Waals surface area contributed by atoms with Gasteiger partial charge >= 0.3 is 0 Å². The van der Waals surface area contributed by atoms with E-state index in [9.17, 15) is 0 Å². The lowest BCUT2D eigenvalue weighted by atomic mass is 10.3. The summed E-state index contributed by atoms with van der Waals surface area (Å²) < 4.78 is 0. The Morgan fingerprint density at radius 3 is 2.54 bits per heavy atom. The maximum Gasteiger partial charge on any atom is 0.0934 e. The molecule has 2 N–H and O–H groups in total. The lowest BCUT2D eigenvalue weighted by Crippen LogP contribution is -2.27. The van der Waals surface area contributed by atoms with Crippen LogP contribution in [-0.2, 0) is 0 Å². The van der Waals surface area contributed by atoms with Crippen molar-refractivity contribution in [2.75, 3.05) is 20.1 Å². The molecular formula is C10H23N3. The van der Waals surface area contributed by atoms with Crippen molar-refractivity contribution in [3.63, 3.8) is 0 Å². The first-order valence-electron chi connectivity index (χ1n) is 5.07. The van der Waals surface area contributed by atoms with Crippen molar-refractivity contribution >= 4 is 5.84 Å². The highest BCUT2D eigenvalue weighted by atomic mass is 15.1. The van der Waals surface area contributed by atoms with Crippen LogP contribution in [0.4, 0.5) is 0 Å². The van der Waals surface area contributed by atoms with Gasteiger partial charge in [0, 0.05) is 19.0 Å². The van der Waals surface area contributed by atoms with Crippen molar-refractivity contribution in [2.45, 2.75) is 39.7 Å². The third kappa shape index (κ3) is 6.58. The molecule has 0 aromatic rings. The molecule has 0 unspecified atom stereocenters. The molecule has 78 valence electrons. The fourth-order valence-corrected chi connectivity index (χ4v) is 0.913. The van der Waals surface area contributed by atoms with Gasteiger partial charge in [0.25, 0.3) is 0 Å².